The van der Waals surface area contributed by atoms with Crippen LogP contribution in [0.2, 0.25) is 5.02 Å². The minimum absolute atomic E-state index is 0.274. The zero-order chi connectivity index (χ0) is 14.7. The van der Waals surface area contributed by atoms with E-state index >= 15 is 0 Å². The standard InChI is InChI=1S/C16H10Cl2N2O/c17-13-8-4-7-12(10-13)15-19-16(21-20-15)14(18)9-11-5-2-1-3-6-11/h1-10H/b14-9-. The zero-order valence-corrected chi connectivity index (χ0v) is 12.3. The summed E-state index contributed by atoms with van der Waals surface area (Å²) in [4.78, 5) is 4.28. The Labute approximate surface area is 131 Å². The highest BCUT2D eigenvalue weighted by atomic mass is 35.5. The van der Waals surface area contributed by atoms with Gasteiger partial charge in [0.25, 0.3) is 5.89 Å². The lowest BCUT2D eigenvalue weighted by Crippen LogP contribution is -1.81. The van der Waals surface area contributed by atoms with Gasteiger partial charge in [0.05, 0.1) is 0 Å². The van der Waals surface area contributed by atoms with Crippen LogP contribution < -0.4 is 0 Å². The van der Waals surface area contributed by atoms with Crippen molar-refractivity contribution in [1.82, 2.24) is 10.1 Å². The summed E-state index contributed by atoms with van der Waals surface area (Å²) in [5, 5.41) is 4.93. The second-order valence-corrected chi connectivity index (χ2v) is 5.18. The lowest BCUT2D eigenvalue weighted by Gasteiger charge is -1.94. The van der Waals surface area contributed by atoms with Gasteiger partial charge in [-0.15, -0.1) is 0 Å². The average molecular weight is 317 g/mol. The first-order valence-corrected chi connectivity index (χ1v) is 7.00. The number of nitrogens with zero attached hydrogens (tertiary/aromatic N) is 2. The third kappa shape index (κ3) is 3.32. The molecule has 3 aromatic rings. The molecule has 0 fully saturated rings. The Morgan fingerprint density at radius 2 is 1.86 bits per heavy atom. The lowest BCUT2D eigenvalue weighted by atomic mass is 10.2. The predicted molar refractivity (Wildman–Crippen MR) is 84.9 cm³/mol. The minimum atomic E-state index is 0.274. The second-order valence-electron chi connectivity index (χ2n) is 4.34. The van der Waals surface area contributed by atoms with Crippen LogP contribution in [0, 0.1) is 0 Å². The number of benzene rings is 2. The van der Waals surface area contributed by atoms with Gasteiger partial charge in [-0.2, -0.15) is 4.98 Å². The summed E-state index contributed by atoms with van der Waals surface area (Å²) in [5.74, 6) is 0.725. The maximum Gasteiger partial charge on any atom is 0.269 e. The summed E-state index contributed by atoms with van der Waals surface area (Å²) in [6.07, 6.45) is 1.77. The van der Waals surface area contributed by atoms with Crippen molar-refractivity contribution in [3.8, 4) is 11.4 Å². The highest BCUT2D eigenvalue weighted by molar-refractivity contribution is 6.50. The van der Waals surface area contributed by atoms with Crippen molar-refractivity contribution in [3.63, 3.8) is 0 Å². The second kappa shape index (κ2) is 6.12. The SMILES string of the molecule is Cl/C(=C\c1ccccc1)c1nc(-c2cccc(Cl)c2)no1. The van der Waals surface area contributed by atoms with Gasteiger partial charge in [0.2, 0.25) is 5.82 Å². The fraction of sp³-hybridized carbons (Fsp3) is 0. The molecule has 104 valence electrons. The topological polar surface area (TPSA) is 38.9 Å². The van der Waals surface area contributed by atoms with E-state index in [2.05, 4.69) is 10.1 Å². The van der Waals surface area contributed by atoms with Gasteiger partial charge in [-0.25, -0.2) is 0 Å². The summed E-state index contributed by atoms with van der Waals surface area (Å²) in [6.45, 7) is 0. The Kier molecular flexibility index (Phi) is 4.04. The predicted octanol–water partition coefficient (Wildman–Crippen LogP) is 5.13. The molecule has 5 heteroatoms. The summed E-state index contributed by atoms with van der Waals surface area (Å²) >= 11 is 12.2. The molecule has 1 heterocycles. The van der Waals surface area contributed by atoms with Gasteiger partial charge in [-0.05, 0) is 23.8 Å². The van der Waals surface area contributed by atoms with Crippen molar-refractivity contribution in [2.45, 2.75) is 0 Å². The smallest absolute Gasteiger partial charge is 0.269 e. The molecule has 1 aromatic heterocycles. The molecule has 3 nitrogen and oxygen atoms in total. The molecule has 0 aliphatic carbocycles. The normalized spacial score (nSPS) is 11.6. The van der Waals surface area contributed by atoms with Crippen LogP contribution >= 0.6 is 23.2 Å². The van der Waals surface area contributed by atoms with Crippen LogP contribution in [0.4, 0.5) is 0 Å². The molecular formula is C16H10Cl2N2O. The summed E-state index contributed by atoms with van der Waals surface area (Å²) < 4.78 is 5.19. The van der Waals surface area contributed by atoms with Crippen molar-refractivity contribution in [1.29, 1.82) is 0 Å². The molecule has 0 radical (unpaired) electrons. The molecule has 0 saturated carbocycles. The Balaban J connectivity index is 1.90. The highest BCUT2D eigenvalue weighted by Crippen LogP contribution is 2.25. The van der Waals surface area contributed by atoms with Crippen LogP contribution in [-0.4, -0.2) is 10.1 Å². The molecule has 0 aliphatic heterocycles. The van der Waals surface area contributed by atoms with Crippen molar-refractivity contribution in [2.75, 3.05) is 0 Å². The van der Waals surface area contributed by atoms with E-state index in [9.17, 15) is 0 Å². The van der Waals surface area contributed by atoms with Crippen LogP contribution in [0.1, 0.15) is 11.5 Å². The molecule has 0 unspecified atom stereocenters. The van der Waals surface area contributed by atoms with Crippen LogP contribution in [0.15, 0.2) is 59.1 Å². The van der Waals surface area contributed by atoms with Gasteiger partial charge in [-0.3, -0.25) is 0 Å². The molecule has 0 saturated heterocycles. The first-order chi connectivity index (χ1) is 10.2. The molecule has 21 heavy (non-hydrogen) atoms. The van der Waals surface area contributed by atoms with E-state index in [4.69, 9.17) is 27.7 Å². The molecule has 2 aromatic carbocycles. The quantitative estimate of drug-likeness (QED) is 0.672. The Morgan fingerprint density at radius 3 is 2.62 bits per heavy atom. The summed E-state index contributed by atoms with van der Waals surface area (Å²) in [5.41, 5.74) is 1.74. The number of aromatic nitrogens is 2. The molecular weight excluding hydrogens is 307 g/mol. The van der Waals surface area contributed by atoms with E-state index in [0.717, 1.165) is 11.1 Å². The summed E-state index contributed by atoms with van der Waals surface area (Å²) in [7, 11) is 0. The van der Waals surface area contributed by atoms with Crippen LogP contribution in [0.5, 0.6) is 0 Å². The van der Waals surface area contributed by atoms with E-state index in [0.29, 0.717) is 15.9 Å². The molecule has 0 amide bonds. The van der Waals surface area contributed by atoms with Crippen molar-refractivity contribution < 1.29 is 4.52 Å². The van der Waals surface area contributed by atoms with E-state index < -0.39 is 0 Å². The maximum atomic E-state index is 6.21. The fourth-order valence-electron chi connectivity index (χ4n) is 1.82. The molecule has 0 spiro atoms. The Hall–Kier alpha value is -2.10. The molecule has 0 aliphatic rings. The van der Waals surface area contributed by atoms with Gasteiger partial charge in [-0.1, -0.05) is 70.8 Å². The number of rotatable bonds is 3. The summed E-state index contributed by atoms with van der Waals surface area (Å²) in [6, 6.07) is 16.9. The Bertz CT molecular complexity index is 782. The molecule has 0 bridgehead atoms. The van der Waals surface area contributed by atoms with E-state index in [1.165, 1.54) is 0 Å². The van der Waals surface area contributed by atoms with Crippen molar-refractivity contribution in [3.05, 3.63) is 71.1 Å². The van der Waals surface area contributed by atoms with Crippen molar-refractivity contribution in [2.24, 2.45) is 0 Å². The number of hydrogen-bond donors (Lipinski definition) is 0. The third-order valence-corrected chi connectivity index (χ3v) is 3.31. The van der Waals surface area contributed by atoms with Gasteiger partial charge in [0.15, 0.2) is 0 Å². The van der Waals surface area contributed by atoms with Gasteiger partial charge in [0, 0.05) is 10.6 Å². The first kappa shape index (κ1) is 13.9. The average Bonchev–Trinajstić information content (AvgIpc) is 2.98. The zero-order valence-electron chi connectivity index (χ0n) is 10.8. The minimum Gasteiger partial charge on any atom is -0.333 e. The highest BCUT2D eigenvalue weighted by Gasteiger charge is 2.11. The number of hydrogen-bond acceptors (Lipinski definition) is 3. The first-order valence-electron chi connectivity index (χ1n) is 6.24. The fourth-order valence-corrected chi connectivity index (χ4v) is 2.22. The van der Waals surface area contributed by atoms with Crippen LogP contribution in [0.25, 0.3) is 22.5 Å². The number of halogens is 2. The van der Waals surface area contributed by atoms with E-state index in [-0.39, 0.29) is 5.89 Å². The van der Waals surface area contributed by atoms with E-state index in [1.54, 1.807) is 18.2 Å². The largest absolute Gasteiger partial charge is 0.333 e. The molecule has 0 atom stereocenters. The van der Waals surface area contributed by atoms with Crippen molar-refractivity contribution >= 4 is 34.3 Å². The van der Waals surface area contributed by atoms with Crippen LogP contribution in [0.3, 0.4) is 0 Å². The van der Waals surface area contributed by atoms with Gasteiger partial charge < -0.3 is 4.52 Å². The monoisotopic (exact) mass is 316 g/mol. The lowest BCUT2D eigenvalue weighted by molar-refractivity contribution is 0.410. The third-order valence-electron chi connectivity index (χ3n) is 2.81. The van der Waals surface area contributed by atoms with E-state index in [1.807, 2.05) is 42.5 Å². The Morgan fingerprint density at radius 1 is 1.05 bits per heavy atom. The molecule has 3 rings (SSSR count). The van der Waals surface area contributed by atoms with Crippen LogP contribution in [-0.2, 0) is 0 Å². The molecule has 0 N–H and O–H groups in total. The van der Waals surface area contributed by atoms with Gasteiger partial charge >= 0.3 is 0 Å². The maximum absolute atomic E-state index is 6.21. The van der Waals surface area contributed by atoms with Gasteiger partial charge in [0.1, 0.15) is 5.03 Å².